The molecular formula is C15H19FN2O2. The Labute approximate surface area is 117 Å². The minimum atomic E-state index is -0.201. The van der Waals surface area contributed by atoms with Gasteiger partial charge in [-0.2, -0.15) is 0 Å². The molecule has 20 heavy (non-hydrogen) atoms. The second kappa shape index (κ2) is 5.50. The number of carbonyl (C=O) groups excluding carboxylic acids is 1. The van der Waals surface area contributed by atoms with Gasteiger partial charge in [0, 0.05) is 19.6 Å². The fourth-order valence-electron chi connectivity index (χ4n) is 3.01. The molecule has 2 saturated heterocycles. The van der Waals surface area contributed by atoms with Crippen LogP contribution in [-0.4, -0.2) is 43.2 Å². The molecule has 1 aromatic carbocycles. The zero-order valence-electron chi connectivity index (χ0n) is 11.6. The lowest BCUT2D eigenvalue weighted by atomic mass is 10.1. The zero-order chi connectivity index (χ0) is 14.1. The summed E-state index contributed by atoms with van der Waals surface area (Å²) in [4.78, 5) is 14.1. The van der Waals surface area contributed by atoms with Gasteiger partial charge in [-0.1, -0.05) is 6.07 Å². The SMILES string of the molecule is Cc1cc(F)cc(CN2C[C@H]3COC[C@@H](C2)C(=O)N3)c1. The molecular weight excluding hydrogens is 259 g/mol. The molecule has 2 bridgehead atoms. The molecule has 0 saturated carbocycles. The van der Waals surface area contributed by atoms with Crippen molar-refractivity contribution in [3.05, 3.63) is 35.1 Å². The van der Waals surface area contributed by atoms with Gasteiger partial charge in [0.1, 0.15) is 5.82 Å². The Hall–Kier alpha value is -1.46. The molecule has 0 unspecified atom stereocenters. The normalized spacial score (nSPS) is 27.0. The highest BCUT2D eigenvalue weighted by Gasteiger charge is 2.33. The van der Waals surface area contributed by atoms with Crippen molar-refractivity contribution in [2.45, 2.75) is 19.5 Å². The fraction of sp³-hybridized carbons (Fsp3) is 0.533. The van der Waals surface area contributed by atoms with Crippen LogP contribution in [0, 0.1) is 18.7 Å². The second-order valence-corrected chi connectivity index (χ2v) is 5.77. The topological polar surface area (TPSA) is 41.6 Å². The first kappa shape index (κ1) is 13.5. The summed E-state index contributed by atoms with van der Waals surface area (Å²) < 4.78 is 18.9. The molecule has 3 rings (SSSR count). The van der Waals surface area contributed by atoms with Gasteiger partial charge < -0.3 is 10.1 Å². The van der Waals surface area contributed by atoms with Gasteiger partial charge in [-0.05, 0) is 30.2 Å². The van der Waals surface area contributed by atoms with Crippen LogP contribution in [0.4, 0.5) is 4.39 Å². The summed E-state index contributed by atoms with van der Waals surface area (Å²) in [7, 11) is 0. The number of carbonyl (C=O) groups is 1. The largest absolute Gasteiger partial charge is 0.378 e. The number of fused-ring (bicyclic) bond motifs is 3. The van der Waals surface area contributed by atoms with Crippen LogP contribution in [0.2, 0.25) is 0 Å². The Kier molecular flexibility index (Phi) is 3.72. The van der Waals surface area contributed by atoms with Gasteiger partial charge in [0.15, 0.2) is 0 Å². The van der Waals surface area contributed by atoms with E-state index < -0.39 is 0 Å². The van der Waals surface area contributed by atoms with Crippen LogP contribution < -0.4 is 5.32 Å². The quantitative estimate of drug-likeness (QED) is 0.880. The van der Waals surface area contributed by atoms with E-state index in [-0.39, 0.29) is 23.7 Å². The number of ether oxygens (including phenoxy) is 1. The number of halogens is 1. The smallest absolute Gasteiger partial charge is 0.227 e. The van der Waals surface area contributed by atoms with E-state index in [1.807, 2.05) is 13.0 Å². The zero-order valence-corrected chi connectivity index (χ0v) is 11.6. The summed E-state index contributed by atoms with van der Waals surface area (Å²) in [6.07, 6.45) is 0. The molecule has 2 aliphatic heterocycles. The number of hydrogen-bond donors (Lipinski definition) is 1. The molecule has 1 aromatic rings. The van der Waals surface area contributed by atoms with Crippen molar-refractivity contribution in [1.29, 1.82) is 0 Å². The van der Waals surface area contributed by atoms with Gasteiger partial charge >= 0.3 is 0 Å². The maximum atomic E-state index is 13.5. The van der Waals surface area contributed by atoms with Gasteiger partial charge in [0.25, 0.3) is 0 Å². The summed E-state index contributed by atoms with van der Waals surface area (Å²) in [5.41, 5.74) is 1.88. The molecule has 0 aliphatic carbocycles. The number of hydrogen-bond acceptors (Lipinski definition) is 3. The second-order valence-electron chi connectivity index (χ2n) is 5.77. The highest BCUT2D eigenvalue weighted by molar-refractivity contribution is 5.79. The third-order valence-corrected chi connectivity index (χ3v) is 3.82. The Morgan fingerprint density at radius 2 is 2.20 bits per heavy atom. The lowest BCUT2D eigenvalue weighted by Crippen LogP contribution is -2.41. The van der Waals surface area contributed by atoms with Crippen molar-refractivity contribution in [1.82, 2.24) is 10.2 Å². The maximum absolute atomic E-state index is 13.5. The predicted molar refractivity (Wildman–Crippen MR) is 72.7 cm³/mol. The first-order chi connectivity index (χ1) is 9.60. The molecule has 2 fully saturated rings. The van der Waals surface area contributed by atoms with Crippen LogP contribution in [0.15, 0.2) is 18.2 Å². The van der Waals surface area contributed by atoms with Crippen LogP contribution in [-0.2, 0) is 16.1 Å². The van der Waals surface area contributed by atoms with E-state index in [1.165, 1.54) is 6.07 Å². The highest BCUT2D eigenvalue weighted by Crippen LogP contribution is 2.17. The fourth-order valence-corrected chi connectivity index (χ4v) is 3.01. The first-order valence-electron chi connectivity index (χ1n) is 6.97. The van der Waals surface area contributed by atoms with Crippen molar-refractivity contribution in [2.75, 3.05) is 26.3 Å². The Morgan fingerprint density at radius 1 is 1.35 bits per heavy atom. The minimum Gasteiger partial charge on any atom is -0.378 e. The standard InChI is InChI=1S/C15H19FN2O2/c1-10-2-11(4-13(16)3-10)5-18-6-12-8-20-9-14(7-18)17-15(12)19/h2-4,12,14H,5-9H2,1H3,(H,17,19)/t12-,14+/m1/s1. The van der Waals surface area contributed by atoms with Crippen LogP contribution >= 0.6 is 0 Å². The van der Waals surface area contributed by atoms with Crippen LogP contribution in [0.1, 0.15) is 11.1 Å². The van der Waals surface area contributed by atoms with Gasteiger partial charge in [-0.3, -0.25) is 9.69 Å². The van der Waals surface area contributed by atoms with E-state index in [4.69, 9.17) is 4.74 Å². The summed E-state index contributed by atoms with van der Waals surface area (Å²) in [5, 5.41) is 3.00. The predicted octanol–water partition coefficient (Wildman–Crippen LogP) is 1.08. The van der Waals surface area contributed by atoms with Gasteiger partial charge in [0.2, 0.25) is 5.91 Å². The third kappa shape index (κ3) is 2.99. The monoisotopic (exact) mass is 278 g/mol. The molecule has 0 aromatic heterocycles. The van der Waals surface area contributed by atoms with E-state index >= 15 is 0 Å². The molecule has 2 atom stereocenters. The molecule has 4 nitrogen and oxygen atoms in total. The lowest BCUT2D eigenvalue weighted by molar-refractivity contribution is -0.125. The van der Waals surface area contributed by atoms with Crippen molar-refractivity contribution in [3.63, 3.8) is 0 Å². The Bertz CT molecular complexity index is 500. The molecule has 1 amide bonds. The van der Waals surface area contributed by atoms with Crippen molar-refractivity contribution in [2.24, 2.45) is 5.92 Å². The van der Waals surface area contributed by atoms with Crippen LogP contribution in [0.5, 0.6) is 0 Å². The number of nitrogens with zero attached hydrogens (tertiary/aromatic N) is 1. The molecule has 1 N–H and O–H groups in total. The van der Waals surface area contributed by atoms with Crippen molar-refractivity contribution < 1.29 is 13.9 Å². The van der Waals surface area contributed by atoms with Gasteiger partial charge in [-0.15, -0.1) is 0 Å². The van der Waals surface area contributed by atoms with E-state index in [9.17, 15) is 9.18 Å². The number of aryl methyl sites for hydroxylation is 1. The summed E-state index contributed by atoms with van der Waals surface area (Å²) in [5.74, 6) is -0.255. The summed E-state index contributed by atoms with van der Waals surface area (Å²) in [6.45, 7) is 5.00. The Balaban J connectivity index is 1.75. The van der Waals surface area contributed by atoms with Gasteiger partial charge in [-0.25, -0.2) is 4.39 Å². The average Bonchev–Trinajstić information content (AvgIpc) is 2.56. The van der Waals surface area contributed by atoms with Crippen molar-refractivity contribution in [3.8, 4) is 0 Å². The molecule has 2 aliphatic rings. The van der Waals surface area contributed by atoms with Crippen LogP contribution in [0.25, 0.3) is 0 Å². The van der Waals surface area contributed by atoms with Crippen molar-refractivity contribution >= 4 is 5.91 Å². The van der Waals surface area contributed by atoms with E-state index in [0.717, 1.165) is 17.7 Å². The van der Waals surface area contributed by atoms with E-state index in [0.29, 0.717) is 26.3 Å². The summed E-state index contributed by atoms with van der Waals surface area (Å²) in [6, 6.07) is 5.12. The minimum absolute atomic E-state index is 0.0321. The molecule has 0 spiro atoms. The van der Waals surface area contributed by atoms with Gasteiger partial charge in [0.05, 0.1) is 25.2 Å². The molecule has 108 valence electrons. The van der Waals surface area contributed by atoms with E-state index in [2.05, 4.69) is 10.2 Å². The molecule has 2 heterocycles. The number of nitrogens with one attached hydrogen (secondary N) is 1. The maximum Gasteiger partial charge on any atom is 0.227 e. The number of benzene rings is 1. The summed E-state index contributed by atoms with van der Waals surface area (Å²) >= 11 is 0. The average molecular weight is 278 g/mol. The molecule has 5 heteroatoms. The highest BCUT2D eigenvalue weighted by atomic mass is 19.1. The van der Waals surface area contributed by atoms with Crippen LogP contribution in [0.3, 0.4) is 0 Å². The first-order valence-corrected chi connectivity index (χ1v) is 6.97. The number of amides is 1. The number of rotatable bonds is 2. The van der Waals surface area contributed by atoms with E-state index in [1.54, 1.807) is 6.07 Å². The Morgan fingerprint density at radius 3 is 3.00 bits per heavy atom. The molecule has 0 radical (unpaired) electrons. The third-order valence-electron chi connectivity index (χ3n) is 3.82. The lowest BCUT2D eigenvalue weighted by Gasteiger charge is -2.27.